The number of nitrogens with one attached hydrogen (secondary N) is 1. The molecule has 0 saturated heterocycles. The van der Waals surface area contributed by atoms with Gasteiger partial charge in [-0.2, -0.15) is 4.98 Å². The van der Waals surface area contributed by atoms with Crippen LogP contribution in [0.15, 0.2) is 48.7 Å². The SMILES string of the molecule is COc1cc(N(C)CCN(C)C)c([N+](=O)[O-])cc1Nc1nccc(-n2c3c(c4ccccc42)CC(O)CC3)n1. The number of nitro groups is 1. The highest BCUT2D eigenvalue weighted by Gasteiger charge is 2.26. The van der Waals surface area contributed by atoms with Crippen LogP contribution in [0.3, 0.4) is 0 Å². The van der Waals surface area contributed by atoms with Crippen molar-refractivity contribution in [3.63, 3.8) is 0 Å². The summed E-state index contributed by atoms with van der Waals surface area (Å²) in [6.45, 7) is 1.36. The van der Waals surface area contributed by atoms with Crippen molar-refractivity contribution < 1.29 is 14.8 Å². The minimum atomic E-state index is -0.393. The first-order chi connectivity index (χ1) is 18.8. The third-order valence-electron chi connectivity index (χ3n) is 7.15. The minimum Gasteiger partial charge on any atom is -0.494 e. The Balaban J connectivity index is 1.53. The summed E-state index contributed by atoms with van der Waals surface area (Å²) < 4.78 is 7.72. The number of hydrogen-bond donors (Lipinski definition) is 2. The van der Waals surface area contributed by atoms with Crippen molar-refractivity contribution in [1.82, 2.24) is 19.4 Å². The largest absolute Gasteiger partial charge is 0.494 e. The Morgan fingerprint density at radius 2 is 2.00 bits per heavy atom. The highest BCUT2D eigenvalue weighted by atomic mass is 16.6. The Morgan fingerprint density at radius 1 is 1.21 bits per heavy atom. The average molecular weight is 532 g/mol. The van der Waals surface area contributed by atoms with E-state index in [0.29, 0.717) is 42.3 Å². The van der Waals surface area contributed by atoms with E-state index in [2.05, 4.69) is 20.9 Å². The molecule has 2 aromatic heterocycles. The normalized spacial score (nSPS) is 14.9. The first-order valence-electron chi connectivity index (χ1n) is 12.9. The summed E-state index contributed by atoms with van der Waals surface area (Å²) >= 11 is 0. The monoisotopic (exact) mass is 531 g/mol. The number of benzene rings is 2. The number of aromatic nitrogens is 3. The maximum atomic E-state index is 12.0. The molecular weight excluding hydrogens is 498 g/mol. The maximum absolute atomic E-state index is 12.0. The summed E-state index contributed by atoms with van der Waals surface area (Å²) in [6.07, 6.45) is 3.34. The number of rotatable bonds is 9. The predicted octanol–water partition coefficient (Wildman–Crippen LogP) is 3.93. The first-order valence-corrected chi connectivity index (χ1v) is 12.9. The minimum absolute atomic E-state index is 0.0419. The zero-order valence-electron chi connectivity index (χ0n) is 22.6. The van der Waals surface area contributed by atoms with Gasteiger partial charge in [-0.25, -0.2) is 4.98 Å². The topological polar surface area (TPSA) is 122 Å². The third kappa shape index (κ3) is 5.23. The van der Waals surface area contributed by atoms with Gasteiger partial charge in [0.25, 0.3) is 5.69 Å². The lowest BCUT2D eigenvalue weighted by Crippen LogP contribution is -2.29. The number of aliphatic hydroxyl groups excluding tert-OH is 1. The van der Waals surface area contributed by atoms with Crippen LogP contribution in [0.1, 0.15) is 17.7 Å². The first kappa shape index (κ1) is 26.4. The molecule has 4 aromatic rings. The summed E-state index contributed by atoms with van der Waals surface area (Å²) in [5.74, 6) is 1.41. The summed E-state index contributed by atoms with van der Waals surface area (Å²) in [7, 11) is 7.27. The molecule has 0 fully saturated rings. The number of anilines is 3. The molecule has 11 nitrogen and oxygen atoms in total. The van der Waals surface area contributed by atoms with E-state index in [-0.39, 0.29) is 17.7 Å². The molecule has 1 unspecified atom stereocenters. The summed E-state index contributed by atoms with van der Waals surface area (Å²) in [5, 5.41) is 26.6. The van der Waals surface area contributed by atoms with E-state index in [1.165, 1.54) is 13.2 Å². The quantitative estimate of drug-likeness (QED) is 0.244. The fourth-order valence-corrected chi connectivity index (χ4v) is 5.15. The van der Waals surface area contributed by atoms with E-state index < -0.39 is 4.92 Å². The summed E-state index contributed by atoms with van der Waals surface area (Å²) in [5.41, 5.74) is 4.10. The van der Waals surface area contributed by atoms with Crippen molar-refractivity contribution in [2.75, 3.05) is 51.6 Å². The lowest BCUT2D eigenvalue weighted by molar-refractivity contribution is -0.384. The van der Waals surface area contributed by atoms with Gasteiger partial charge in [0.2, 0.25) is 5.95 Å². The summed E-state index contributed by atoms with van der Waals surface area (Å²) in [4.78, 5) is 24.7. The molecule has 5 rings (SSSR count). The molecular formula is C28H33N7O4. The van der Waals surface area contributed by atoms with E-state index in [9.17, 15) is 15.2 Å². The number of nitrogens with zero attached hydrogens (tertiary/aromatic N) is 6. The van der Waals surface area contributed by atoms with Gasteiger partial charge in [-0.1, -0.05) is 18.2 Å². The van der Waals surface area contributed by atoms with E-state index in [1.54, 1.807) is 12.3 Å². The lowest BCUT2D eigenvalue weighted by Gasteiger charge is -2.23. The Labute approximate surface area is 226 Å². The molecule has 0 amide bonds. The molecule has 1 aliphatic carbocycles. The standard InChI is InChI=1S/C28H33N7O4/c1-32(2)13-14-33(3)24-17-26(39-4)21(16-25(24)35(37)38)30-28-29-12-11-27(31-28)34-22-8-6-5-7-19(22)20-15-18(36)9-10-23(20)34/h5-8,11-12,16-18,36H,9-10,13-15H2,1-4H3,(H,29,30,31). The van der Waals surface area contributed by atoms with Gasteiger partial charge in [0.1, 0.15) is 17.3 Å². The molecule has 0 aliphatic heterocycles. The van der Waals surface area contributed by atoms with Gasteiger partial charge in [0.15, 0.2) is 0 Å². The molecule has 1 aliphatic rings. The predicted molar refractivity (Wildman–Crippen MR) is 152 cm³/mol. The van der Waals surface area contributed by atoms with Crippen molar-refractivity contribution >= 4 is 33.9 Å². The molecule has 204 valence electrons. The number of hydrogen-bond acceptors (Lipinski definition) is 9. The Bertz CT molecular complexity index is 1520. The molecule has 2 N–H and O–H groups in total. The molecule has 0 bridgehead atoms. The molecule has 0 saturated carbocycles. The van der Waals surface area contributed by atoms with Crippen LogP contribution in [0.4, 0.5) is 23.0 Å². The zero-order valence-corrected chi connectivity index (χ0v) is 22.6. The second kappa shape index (κ2) is 10.9. The molecule has 39 heavy (non-hydrogen) atoms. The second-order valence-corrected chi connectivity index (χ2v) is 10.1. The highest BCUT2D eigenvalue weighted by Crippen LogP contribution is 2.39. The molecule has 0 spiro atoms. The summed E-state index contributed by atoms with van der Waals surface area (Å²) in [6, 6.07) is 13.1. The van der Waals surface area contributed by atoms with Crippen molar-refractivity contribution in [1.29, 1.82) is 0 Å². The van der Waals surface area contributed by atoms with Crippen LogP contribution in [0.25, 0.3) is 16.7 Å². The van der Waals surface area contributed by atoms with Crippen molar-refractivity contribution in [3.8, 4) is 11.6 Å². The van der Waals surface area contributed by atoms with Crippen molar-refractivity contribution in [2.45, 2.75) is 25.4 Å². The van der Waals surface area contributed by atoms with Crippen LogP contribution in [0.5, 0.6) is 5.75 Å². The van der Waals surface area contributed by atoms with Crippen LogP contribution < -0.4 is 15.0 Å². The van der Waals surface area contributed by atoms with Gasteiger partial charge < -0.3 is 25.0 Å². The van der Waals surface area contributed by atoms with Crippen molar-refractivity contribution in [3.05, 3.63) is 70.0 Å². The van der Waals surface area contributed by atoms with Gasteiger partial charge in [-0.3, -0.25) is 14.7 Å². The van der Waals surface area contributed by atoms with E-state index in [0.717, 1.165) is 35.1 Å². The van der Waals surface area contributed by atoms with Gasteiger partial charge in [0, 0.05) is 56.0 Å². The van der Waals surface area contributed by atoms with Crippen LogP contribution in [-0.2, 0) is 12.8 Å². The molecule has 1 atom stereocenters. The zero-order chi connectivity index (χ0) is 27.7. The highest BCUT2D eigenvalue weighted by molar-refractivity contribution is 5.87. The Kier molecular flexibility index (Phi) is 7.36. The van der Waals surface area contributed by atoms with E-state index in [4.69, 9.17) is 9.72 Å². The van der Waals surface area contributed by atoms with Gasteiger partial charge in [-0.05, 0) is 44.6 Å². The fourth-order valence-electron chi connectivity index (χ4n) is 5.15. The smallest absolute Gasteiger partial charge is 0.294 e. The average Bonchev–Trinajstić information content (AvgIpc) is 3.25. The number of nitro benzene ring substituents is 1. The van der Waals surface area contributed by atoms with Gasteiger partial charge >= 0.3 is 0 Å². The number of aliphatic hydroxyl groups is 1. The van der Waals surface area contributed by atoms with Crippen LogP contribution in [-0.4, -0.2) is 76.9 Å². The Hall–Kier alpha value is -4.22. The fraction of sp³-hybridized carbons (Fsp3) is 0.357. The molecule has 11 heteroatoms. The van der Waals surface area contributed by atoms with Crippen LogP contribution in [0.2, 0.25) is 0 Å². The third-order valence-corrected chi connectivity index (χ3v) is 7.15. The molecule has 0 radical (unpaired) electrons. The lowest BCUT2D eigenvalue weighted by atomic mass is 9.93. The number of fused-ring (bicyclic) bond motifs is 3. The maximum Gasteiger partial charge on any atom is 0.294 e. The number of para-hydroxylation sites is 1. The number of methoxy groups -OCH3 is 1. The second-order valence-electron chi connectivity index (χ2n) is 10.1. The van der Waals surface area contributed by atoms with Crippen molar-refractivity contribution in [2.24, 2.45) is 0 Å². The van der Waals surface area contributed by atoms with Gasteiger partial charge in [-0.15, -0.1) is 0 Å². The van der Waals surface area contributed by atoms with E-state index >= 15 is 0 Å². The molecule has 2 aromatic carbocycles. The Morgan fingerprint density at radius 3 is 2.74 bits per heavy atom. The van der Waals surface area contributed by atoms with E-state index in [1.807, 2.05) is 55.2 Å². The van der Waals surface area contributed by atoms with Gasteiger partial charge in [0.05, 0.1) is 29.3 Å². The molecule has 2 heterocycles. The number of likely N-dealkylation sites (N-methyl/N-ethyl adjacent to an activating group) is 2. The van der Waals surface area contributed by atoms with Crippen LogP contribution >= 0.6 is 0 Å². The van der Waals surface area contributed by atoms with Crippen LogP contribution in [0, 0.1) is 10.1 Å². The number of ether oxygens (including phenoxy) is 1.